The van der Waals surface area contributed by atoms with Crippen LogP contribution in [0.4, 0.5) is 0 Å². The SMILES string of the molecule is Clc1ccc(-c2ccc(OCc3ccccc3)nc2-c2ccc(Cl)cc2Cl)cc1. The van der Waals surface area contributed by atoms with Crippen LogP contribution in [0.1, 0.15) is 5.56 Å². The van der Waals surface area contributed by atoms with Crippen LogP contribution >= 0.6 is 34.8 Å². The Morgan fingerprint density at radius 2 is 1.38 bits per heavy atom. The molecule has 1 heterocycles. The molecule has 4 rings (SSSR count). The molecule has 0 radical (unpaired) electrons. The number of nitrogens with zero attached hydrogens (tertiary/aromatic N) is 1. The smallest absolute Gasteiger partial charge is 0.214 e. The first-order chi connectivity index (χ1) is 14.1. The Morgan fingerprint density at radius 1 is 0.690 bits per heavy atom. The van der Waals surface area contributed by atoms with E-state index in [0.717, 1.165) is 27.9 Å². The molecule has 0 aliphatic heterocycles. The average molecular weight is 441 g/mol. The third kappa shape index (κ3) is 4.73. The Labute approximate surface area is 184 Å². The molecule has 0 unspecified atom stereocenters. The molecule has 29 heavy (non-hydrogen) atoms. The van der Waals surface area contributed by atoms with Crippen LogP contribution in [-0.4, -0.2) is 4.98 Å². The number of aromatic nitrogens is 1. The van der Waals surface area contributed by atoms with Gasteiger partial charge in [-0.2, -0.15) is 0 Å². The summed E-state index contributed by atoms with van der Waals surface area (Å²) < 4.78 is 5.93. The lowest BCUT2D eigenvalue weighted by atomic mass is 9.99. The molecule has 0 saturated carbocycles. The average Bonchev–Trinajstić information content (AvgIpc) is 2.74. The van der Waals surface area contributed by atoms with Gasteiger partial charge in [-0.15, -0.1) is 0 Å². The zero-order valence-electron chi connectivity index (χ0n) is 15.3. The fourth-order valence-electron chi connectivity index (χ4n) is 3.00. The second-order valence-electron chi connectivity index (χ2n) is 6.45. The van der Waals surface area contributed by atoms with Crippen LogP contribution in [0, 0.1) is 0 Å². The Balaban J connectivity index is 1.76. The van der Waals surface area contributed by atoms with Crippen molar-refractivity contribution in [2.45, 2.75) is 6.61 Å². The number of ether oxygens (including phenoxy) is 1. The van der Waals surface area contributed by atoms with Crippen LogP contribution in [-0.2, 0) is 6.61 Å². The van der Waals surface area contributed by atoms with Crippen molar-refractivity contribution >= 4 is 34.8 Å². The van der Waals surface area contributed by atoms with Gasteiger partial charge in [-0.25, -0.2) is 4.98 Å². The van der Waals surface area contributed by atoms with E-state index in [0.29, 0.717) is 27.6 Å². The van der Waals surface area contributed by atoms with E-state index >= 15 is 0 Å². The van der Waals surface area contributed by atoms with Crippen LogP contribution < -0.4 is 4.74 Å². The first-order valence-corrected chi connectivity index (χ1v) is 10.1. The number of rotatable bonds is 5. The molecule has 0 fully saturated rings. The van der Waals surface area contributed by atoms with E-state index in [-0.39, 0.29) is 0 Å². The van der Waals surface area contributed by atoms with Gasteiger partial charge in [-0.3, -0.25) is 0 Å². The summed E-state index contributed by atoms with van der Waals surface area (Å²) in [5, 5.41) is 1.78. The molecule has 5 heteroatoms. The molecular weight excluding hydrogens is 425 g/mol. The summed E-state index contributed by atoms with van der Waals surface area (Å²) in [7, 11) is 0. The van der Waals surface area contributed by atoms with E-state index in [1.165, 1.54) is 0 Å². The molecule has 0 bridgehead atoms. The highest BCUT2D eigenvalue weighted by Crippen LogP contribution is 2.37. The number of halogens is 3. The number of benzene rings is 3. The lowest BCUT2D eigenvalue weighted by molar-refractivity contribution is 0.294. The zero-order chi connectivity index (χ0) is 20.2. The highest BCUT2D eigenvalue weighted by atomic mass is 35.5. The highest BCUT2D eigenvalue weighted by Gasteiger charge is 2.14. The second kappa shape index (κ2) is 8.87. The van der Waals surface area contributed by atoms with Gasteiger partial charge in [0.15, 0.2) is 0 Å². The molecule has 144 valence electrons. The van der Waals surface area contributed by atoms with Gasteiger partial charge < -0.3 is 4.74 Å². The fraction of sp³-hybridized carbons (Fsp3) is 0.0417. The maximum atomic E-state index is 6.49. The maximum absolute atomic E-state index is 6.49. The minimum absolute atomic E-state index is 0.432. The summed E-state index contributed by atoms with van der Waals surface area (Å²) in [6.07, 6.45) is 0. The van der Waals surface area contributed by atoms with Crippen LogP contribution in [0.25, 0.3) is 22.4 Å². The van der Waals surface area contributed by atoms with E-state index < -0.39 is 0 Å². The van der Waals surface area contributed by atoms with E-state index in [1.54, 1.807) is 12.1 Å². The van der Waals surface area contributed by atoms with E-state index in [9.17, 15) is 0 Å². The Bertz CT molecular complexity index is 1130. The van der Waals surface area contributed by atoms with Crippen LogP contribution in [0.15, 0.2) is 84.9 Å². The van der Waals surface area contributed by atoms with E-state index in [2.05, 4.69) is 0 Å². The lowest BCUT2D eigenvalue weighted by Crippen LogP contribution is -1.99. The molecule has 0 N–H and O–H groups in total. The van der Waals surface area contributed by atoms with E-state index in [4.69, 9.17) is 44.5 Å². The van der Waals surface area contributed by atoms with E-state index in [1.807, 2.05) is 72.8 Å². The summed E-state index contributed by atoms with van der Waals surface area (Å²) in [4.78, 5) is 4.76. The highest BCUT2D eigenvalue weighted by molar-refractivity contribution is 6.36. The standard InChI is InChI=1S/C24H16Cl3NO/c25-18-8-6-17(7-9-18)20-12-13-23(29-15-16-4-2-1-3-5-16)28-24(20)21-11-10-19(26)14-22(21)27/h1-14H,15H2. The van der Waals surface area contributed by atoms with Crippen molar-refractivity contribution in [3.05, 3.63) is 106 Å². The topological polar surface area (TPSA) is 22.1 Å². The quantitative estimate of drug-likeness (QED) is 0.314. The number of hydrogen-bond acceptors (Lipinski definition) is 2. The molecule has 3 aromatic carbocycles. The molecule has 0 saturated heterocycles. The van der Waals surface area contributed by atoms with Crippen LogP contribution in [0.3, 0.4) is 0 Å². The molecule has 0 aliphatic carbocycles. The normalized spacial score (nSPS) is 10.7. The molecule has 0 atom stereocenters. The maximum Gasteiger partial charge on any atom is 0.214 e. The fourth-order valence-corrected chi connectivity index (χ4v) is 3.63. The summed E-state index contributed by atoms with van der Waals surface area (Å²) in [5.41, 5.74) is 4.49. The van der Waals surface area contributed by atoms with Crippen molar-refractivity contribution in [1.82, 2.24) is 4.98 Å². The molecule has 1 aromatic heterocycles. The molecule has 0 amide bonds. The Kier molecular flexibility index (Phi) is 6.05. The number of hydrogen-bond donors (Lipinski definition) is 0. The van der Waals surface area contributed by atoms with Gasteiger partial charge in [0, 0.05) is 27.2 Å². The van der Waals surface area contributed by atoms with Crippen molar-refractivity contribution < 1.29 is 4.74 Å². The lowest BCUT2D eigenvalue weighted by Gasteiger charge is -2.14. The van der Waals surface area contributed by atoms with Gasteiger partial charge in [0.25, 0.3) is 0 Å². The van der Waals surface area contributed by atoms with Gasteiger partial charge in [-0.1, -0.05) is 77.3 Å². The second-order valence-corrected chi connectivity index (χ2v) is 7.73. The number of pyridine rings is 1. The molecule has 4 aromatic rings. The van der Waals surface area contributed by atoms with Crippen molar-refractivity contribution in [1.29, 1.82) is 0 Å². The third-order valence-electron chi connectivity index (χ3n) is 4.44. The first-order valence-electron chi connectivity index (χ1n) is 8.99. The zero-order valence-corrected chi connectivity index (χ0v) is 17.5. The largest absolute Gasteiger partial charge is 0.473 e. The Morgan fingerprint density at radius 3 is 2.10 bits per heavy atom. The van der Waals surface area contributed by atoms with Crippen LogP contribution in [0.2, 0.25) is 15.1 Å². The van der Waals surface area contributed by atoms with Gasteiger partial charge in [0.05, 0.1) is 10.7 Å². The minimum atomic E-state index is 0.432. The monoisotopic (exact) mass is 439 g/mol. The summed E-state index contributed by atoms with van der Waals surface area (Å²) in [6, 6.07) is 26.8. The summed E-state index contributed by atoms with van der Waals surface area (Å²) in [5.74, 6) is 0.521. The molecule has 0 spiro atoms. The molecule has 0 aliphatic rings. The predicted octanol–water partition coefficient (Wildman–Crippen LogP) is 7.95. The van der Waals surface area contributed by atoms with Gasteiger partial charge >= 0.3 is 0 Å². The predicted molar refractivity (Wildman–Crippen MR) is 121 cm³/mol. The van der Waals surface area contributed by atoms with Crippen molar-refractivity contribution in [2.75, 3.05) is 0 Å². The third-order valence-corrected chi connectivity index (χ3v) is 5.24. The van der Waals surface area contributed by atoms with Crippen LogP contribution in [0.5, 0.6) is 5.88 Å². The summed E-state index contributed by atoms with van der Waals surface area (Å²) in [6.45, 7) is 0.432. The van der Waals surface area contributed by atoms with Gasteiger partial charge in [0.1, 0.15) is 6.61 Å². The molecule has 2 nitrogen and oxygen atoms in total. The minimum Gasteiger partial charge on any atom is -0.473 e. The summed E-state index contributed by atoms with van der Waals surface area (Å²) >= 11 is 18.6. The van der Waals surface area contributed by atoms with Crippen molar-refractivity contribution in [3.8, 4) is 28.3 Å². The van der Waals surface area contributed by atoms with Gasteiger partial charge in [0.2, 0.25) is 5.88 Å². The Hall–Kier alpha value is -2.52. The molecular formula is C24H16Cl3NO. The van der Waals surface area contributed by atoms with Gasteiger partial charge in [-0.05, 0) is 47.5 Å². The van der Waals surface area contributed by atoms with Crippen molar-refractivity contribution in [2.24, 2.45) is 0 Å². The first kappa shape index (κ1) is 19.8. The van der Waals surface area contributed by atoms with Crippen molar-refractivity contribution in [3.63, 3.8) is 0 Å².